The molecule has 1 saturated heterocycles. The van der Waals surface area contributed by atoms with Crippen molar-refractivity contribution in [3.8, 4) is 23.3 Å². The molecule has 1 aliphatic rings. The van der Waals surface area contributed by atoms with Gasteiger partial charge in [0, 0.05) is 11.3 Å². The van der Waals surface area contributed by atoms with E-state index in [0.717, 1.165) is 5.56 Å². The number of Topliss-reactive ketones (excluding diaryl/α,β-unsaturated/α-hetero) is 1. The number of nitriles is 1. The summed E-state index contributed by atoms with van der Waals surface area (Å²) in [6, 6.07) is 17.5. The average Bonchev–Trinajstić information content (AvgIpc) is 3.18. The number of ether oxygens (including phenoxy) is 3. The number of carbonyl (C=O) groups is 2. The van der Waals surface area contributed by atoms with Gasteiger partial charge in [-0.05, 0) is 79.6 Å². The van der Waals surface area contributed by atoms with Crippen LogP contribution in [0.3, 0.4) is 0 Å². The normalized spacial score (nSPS) is 16.4. The first kappa shape index (κ1) is 25.3. The zero-order valence-corrected chi connectivity index (χ0v) is 20.9. The molecule has 0 spiro atoms. The van der Waals surface area contributed by atoms with Crippen LogP contribution in [0, 0.1) is 18.3 Å². The highest BCUT2D eigenvalue weighted by molar-refractivity contribution is 6.51. The van der Waals surface area contributed by atoms with E-state index in [1.165, 1.54) is 12.0 Å². The summed E-state index contributed by atoms with van der Waals surface area (Å²) >= 11 is 0. The molecule has 3 aromatic carbocycles. The van der Waals surface area contributed by atoms with Crippen LogP contribution in [0.5, 0.6) is 17.2 Å². The van der Waals surface area contributed by atoms with Crippen LogP contribution in [0.2, 0.25) is 0 Å². The summed E-state index contributed by atoms with van der Waals surface area (Å²) in [5.41, 5.74) is 2.43. The first-order valence-electron chi connectivity index (χ1n) is 11.6. The standard InChI is InChI=1S/C29H26N2O6/c1-5-37-24-15-19(8-13-23(24)36-4)26-25(27(32)20-9-12-22(35-3)17(2)14-20)28(33)29(34)31(26)21-10-6-18(16-30)7-11-21/h6-15,26,32H,5H2,1-4H3/b27-25-. The minimum Gasteiger partial charge on any atom is -0.507 e. The van der Waals surface area contributed by atoms with Gasteiger partial charge in [0.2, 0.25) is 0 Å². The number of rotatable bonds is 7. The average molecular weight is 499 g/mol. The van der Waals surface area contributed by atoms with Gasteiger partial charge in [0.25, 0.3) is 11.7 Å². The summed E-state index contributed by atoms with van der Waals surface area (Å²) in [6.45, 7) is 4.03. The molecule has 1 fully saturated rings. The molecule has 188 valence electrons. The Morgan fingerprint density at radius 1 is 0.973 bits per heavy atom. The summed E-state index contributed by atoms with van der Waals surface area (Å²) in [5.74, 6) is -0.369. The Labute approximate surface area is 214 Å². The van der Waals surface area contributed by atoms with Crippen LogP contribution in [0.4, 0.5) is 5.69 Å². The fraction of sp³-hybridized carbons (Fsp3) is 0.207. The first-order valence-corrected chi connectivity index (χ1v) is 11.6. The number of aryl methyl sites for hydroxylation is 1. The second-order valence-corrected chi connectivity index (χ2v) is 8.36. The molecule has 0 aromatic heterocycles. The molecule has 1 atom stereocenters. The van der Waals surface area contributed by atoms with E-state index >= 15 is 0 Å². The van der Waals surface area contributed by atoms with Gasteiger partial charge in [0.05, 0.1) is 44.1 Å². The van der Waals surface area contributed by atoms with Gasteiger partial charge in [-0.1, -0.05) is 6.07 Å². The maximum atomic E-state index is 13.4. The van der Waals surface area contributed by atoms with Crippen LogP contribution in [-0.4, -0.2) is 37.6 Å². The quantitative estimate of drug-likeness (QED) is 0.280. The SMILES string of the molecule is CCOc1cc(C2/C(=C(/O)c3ccc(OC)c(C)c3)C(=O)C(=O)N2c2ccc(C#N)cc2)ccc1OC. The van der Waals surface area contributed by atoms with Crippen molar-refractivity contribution in [2.45, 2.75) is 19.9 Å². The minimum absolute atomic E-state index is 0.0634. The van der Waals surface area contributed by atoms with Gasteiger partial charge < -0.3 is 19.3 Å². The first-order chi connectivity index (χ1) is 17.8. The zero-order valence-electron chi connectivity index (χ0n) is 20.9. The summed E-state index contributed by atoms with van der Waals surface area (Å²) in [5, 5.41) is 20.6. The maximum absolute atomic E-state index is 13.4. The van der Waals surface area contributed by atoms with E-state index in [0.29, 0.717) is 46.2 Å². The third kappa shape index (κ3) is 4.59. The van der Waals surface area contributed by atoms with E-state index in [2.05, 4.69) is 0 Å². The van der Waals surface area contributed by atoms with Crippen molar-refractivity contribution >= 4 is 23.1 Å². The van der Waals surface area contributed by atoms with Crippen molar-refractivity contribution < 1.29 is 28.9 Å². The number of aliphatic hydroxyl groups is 1. The Kier molecular flexibility index (Phi) is 7.16. The molecular formula is C29H26N2O6. The van der Waals surface area contributed by atoms with E-state index in [4.69, 9.17) is 14.2 Å². The molecule has 1 aliphatic heterocycles. The smallest absolute Gasteiger partial charge is 0.300 e. The van der Waals surface area contributed by atoms with Crippen molar-refractivity contribution in [2.24, 2.45) is 0 Å². The minimum atomic E-state index is -0.958. The van der Waals surface area contributed by atoms with Crippen LogP contribution in [0.25, 0.3) is 5.76 Å². The number of ketones is 1. The predicted octanol–water partition coefficient (Wildman–Crippen LogP) is 4.91. The number of anilines is 1. The van der Waals surface area contributed by atoms with Gasteiger partial charge in [-0.2, -0.15) is 5.26 Å². The van der Waals surface area contributed by atoms with Gasteiger partial charge >= 0.3 is 0 Å². The molecule has 3 aromatic rings. The van der Waals surface area contributed by atoms with E-state index in [9.17, 15) is 20.0 Å². The Morgan fingerprint density at radius 3 is 2.24 bits per heavy atom. The van der Waals surface area contributed by atoms with Crippen molar-refractivity contribution in [3.05, 3.63) is 88.5 Å². The molecule has 1 heterocycles. The van der Waals surface area contributed by atoms with Crippen LogP contribution in [0.15, 0.2) is 66.2 Å². The van der Waals surface area contributed by atoms with Gasteiger partial charge in [0.1, 0.15) is 11.5 Å². The molecule has 0 saturated carbocycles. The van der Waals surface area contributed by atoms with Gasteiger partial charge in [-0.15, -0.1) is 0 Å². The summed E-state index contributed by atoms with van der Waals surface area (Å²) in [4.78, 5) is 28.1. The van der Waals surface area contributed by atoms with Crippen molar-refractivity contribution in [2.75, 3.05) is 25.7 Å². The van der Waals surface area contributed by atoms with Gasteiger partial charge in [-0.3, -0.25) is 14.5 Å². The fourth-order valence-corrected chi connectivity index (χ4v) is 4.42. The number of hydrogen-bond acceptors (Lipinski definition) is 7. The summed E-state index contributed by atoms with van der Waals surface area (Å²) in [6.07, 6.45) is 0. The van der Waals surface area contributed by atoms with E-state index in [1.54, 1.807) is 67.8 Å². The number of benzene rings is 3. The molecule has 4 rings (SSSR count). The molecule has 37 heavy (non-hydrogen) atoms. The predicted molar refractivity (Wildman–Crippen MR) is 138 cm³/mol. The third-order valence-corrected chi connectivity index (χ3v) is 6.19. The van der Waals surface area contributed by atoms with Crippen LogP contribution >= 0.6 is 0 Å². The van der Waals surface area contributed by atoms with Crippen LogP contribution in [0.1, 0.15) is 35.2 Å². The van der Waals surface area contributed by atoms with Crippen molar-refractivity contribution in [3.63, 3.8) is 0 Å². The molecule has 0 aliphatic carbocycles. The van der Waals surface area contributed by atoms with Crippen molar-refractivity contribution in [1.82, 2.24) is 0 Å². The number of amides is 1. The lowest BCUT2D eigenvalue weighted by Gasteiger charge is -2.26. The molecular weight excluding hydrogens is 472 g/mol. The molecule has 0 radical (unpaired) electrons. The Hall–Kier alpha value is -4.77. The lowest BCUT2D eigenvalue weighted by Crippen LogP contribution is -2.29. The van der Waals surface area contributed by atoms with E-state index in [-0.39, 0.29) is 11.3 Å². The summed E-state index contributed by atoms with van der Waals surface area (Å²) in [7, 11) is 3.07. The zero-order chi connectivity index (χ0) is 26.7. The highest BCUT2D eigenvalue weighted by atomic mass is 16.5. The molecule has 1 unspecified atom stereocenters. The monoisotopic (exact) mass is 498 g/mol. The van der Waals surface area contributed by atoms with Crippen LogP contribution < -0.4 is 19.1 Å². The van der Waals surface area contributed by atoms with Crippen molar-refractivity contribution in [1.29, 1.82) is 5.26 Å². The van der Waals surface area contributed by atoms with E-state index in [1.807, 2.05) is 19.9 Å². The molecule has 8 nitrogen and oxygen atoms in total. The fourth-order valence-electron chi connectivity index (χ4n) is 4.42. The lowest BCUT2D eigenvalue weighted by molar-refractivity contribution is -0.132. The second-order valence-electron chi connectivity index (χ2n) is 8.36. The number of carbonyl (C=O) groups excluding carboxylic acids is 2. The second kappa shape index (κ2) is 10.5. The van der Waals surface area contributed by atoms with Gasteiger partial charge in [-0.25, -0.2) is 0 Å². The molecule has 8 heteroatoms. The lowest BCUT2D eigenvalue weighted by atomic mass is 9.94. The number of nitrogens with zero attached hydrogens (tertiary/aromatic N) is 2. The molecule has 1 N–H and O–H groups in total. The summed E-state index contributed by atoms with van der Waals surface area (Å²) < 4.78 is 16.4. The number of aliphatic hydroxyl groups excluding tert-OH is 1. The number of hydrogen-bond donors (Lipinski definition) is 1. The molecule has 1 amide bonds. The number of methoxy groups -OCH3 is 2. The highest BCUT2D eigenvalue weighted by Crippen LogP contribution is 2.44. The topological polar surface area (TPSA) is 109 Å². The van der Waals surface area contributed by atoms with Gasteiger partial charge in [0.15, 0.2) is 11.5 Å². The largest absolute Gasteiger partial charge is 0.507 e. The third-order valence-electron chi connectivity index (χ3n) is 6.19. The Morgan fingerprint density at radius 2 is 1.65 bits per heavy atom. The Balaban J connectivity index is 1.96. The Bertz CT molecular complexity index is 1440. The van der Waals surface area contributed by atoms with E-state index < -0.39 is 17.7 Å². The maximum Gasteiger partial charge on any atom is 0.300 e. The highest BCUT2D eigenvalue weighted by Gasteiger charge is 2.47. The van der Waals surface area contributed by atoms with Crippen LogP contribution in [-0.2, 0) is 9.59 Å². The molecule has 0 bridgehead atoms.